The molecule has 0 aromatic heterocycles. The number of carboxylic acids is 1. The van der Waals surface area contributed by atoms with Crippen LogP contribution in [0.3, 0.4) is 0 Å². The Bertz CT molecular complexity index is 623. The second-order valence-corrected chi connectivity index (χ2v) is 6.25. The summed E-state index contributed by atoms with van der Waals surface area (Å²) in [5, 5.41) is 12.5. The van der Waals surface area contributed by atoms with Crippen LogP contribution in [-0.2, 0) is 19.7 Å². The van der Waals surface area contributed by atoms with E-state index in [1.807, 2.05) is 25.1 Å². The molecule has 24 heavy (non-hydrogen) atoms. The number of carbonyl (C=O) groups excluding carboxylic acids is 1. The standard InChI is InChI=1S/C18H22ClNO4/c1-2-3-8-15(16(21)22)20-17(23)18(9-11-24-12-10-18)13-6-4-5-7-14(13)19/h2-7,15H,8-12H2,1H3,(H,20,23)(H,21,22)/b3-2+. The summed E-state index contributed by atoms with van der Waals surface area (Å²) >= 11 is 6.33. The number of nitrogens with one attached hydrogen (secondary N) is 1. The third kappa shape index (κ3) is 3.97. The highest BCUT2D eigenvalue weighted by Gasteiger charge is 2.44. The largest absolute Gasteiger partial charge is 0.480 e. The molecule has 0 saturated carbocycles. The van der Waals surface area contributed by atoms with Gasteiger partial charge < -0.3 is 15.2 Å². The number of benzene rings is 1. The van der Waals surface area contributed by atoms with Gasteiger partial charge in [-0.2, -0.15) is 0 Å². The molecule has 5 nitrogen and oxygen atoms in total. The number of carboxylic acid groups (broad SMARTS) is 1. The van der Waals surface area contributed by atoms with Gasteiger partial charge in [0.15, 0.2) is 0 Å². The van der Waals surface area contributed by atoms with Crippen molar-refractivity contribution in [3.05, 3.63) is 47.0 Å². The van der Waals surface area contributed by atoms with E-state index in [1.165, 1.54) is 0 Å². The van der Waals surface area contributed by atoms with Crippen LogP contribution in [0.1, 0.15) is 31.7 Å². The highest BCUT2D eigenvalue weighted by atomic mass is 35.5. The number of hydrogen-bond donors (Lipinski definition) is 2. The highest BCUT2D eigenvalue weighted by molar-refractivity contribution is 6.31. The number of allylic oxidation sites excluding steroid dienone is 1. The number of aliphatic carboxylic acids is 1. The van der Waals surface area contributed by atoms with Crippen LogP contribution in [0.4, 0.5) is 0 Å². The Morgan fingerprint density at radius 3 is 2.62 bits per heavy atom. The molecule has 1 aromatic rings. The number of halogens is 1. The van der Waals surface area contributed by atoms with E-state index in [2.05, 4.69) is 5.32 Å². The highest BCUT2D eigenvalue weighted by Crippen LogP contribution is 2.39. The summed E-state index contributed by atoms with van der Waals surface area (Å²) in [6.07, 6.45) is 4.68. The summed E-state index contributed by atoms with van der Waals surface area (Å²) in [6.45, 7) is 2.68. The summed E-state index contributed by atoms with van der Waals surface area (Å²) in [4.78, 5) is 24.5. The molecule has 1 saturated heterocycles. The van der Waals surface area contributed by atoms with Gasteiger partial charge in [-0.15, -0.1) is 0 Å². The minimum atomic E-state index is -1.05. The van der Waals surface area contributed by atoms with Crippen LogP contribution in [-0.4, -0.2) is 36.2 Å². The summed E-state index contributed by atoms with van der Waals surface area (Å²) in [5.41, 5.74) is -0.136. The van der Waals surface area contributed by atoms with E-state index in [0.29, 0.717) is 31.1 Å². The number of carbonyl (C=O) groups is 2. The van der Waals surface area contributed by atoms with Crippen molar-refractivity contribution in [1.82, 2.24) is 5.32 Å². The monoisotopic (exact) mass is 351 g/mol. The van der Waals surface area contributed by atoms with Crippen LogP contribution < -0.4 is 5.32 Å². The van der Waals surface area contributed by atoms with Crippen LogP contribution in [0.15, 0.2) is 36.4 Å². The van der Waals surface area contributed by atoms with Gasteiger partial charge in [-0.1, -0.05) is 42.0 Å². The summed E-state index contributed by atoms with van der Waals surface area (Å²) in [5.74, 6) is -1.36. The second kappa shape index (κ2) is 8.31. The predicted molar refractivity (Wildman–Crippen MR) is 92.2 cm³/mol. The van der Waals surface area contributed by atoms with Gasteiger partial charge >= 0.3 is 5.97 Å². The van der Waals surface area contributed by atoms with Gasteiger partial charge in [-0.3, -0.25) is 4.79 Å². The Morgan fingerprint density at radius 2 is 2.04 bits per heavy atom. The van der Waals surface area contributed by atoms with E-state index >= 15 is 0 Å². The number of hydrogen-bond acceptors (Lipinski definition) is 3. The number of ether oxygens (including phenoxy) is 1. The molecule has 2 rings (SSSR count). The van der Waals surface area contributed by atoms with E-state index < -0.39 is 17.4 Å². The number of amides is 1. The molecule has 1 fully saturated rings. The molecule has 0 radical (unpaired) electrons. The average Bonchev–Trinajstić information content (AvgIpc) is 2.59. The SMILES string of the molecule is C/C=C/CC(NC(=O)C1(c2ccccc2Cl)CCOCC1)C(=O)O. The quantitative estimate of drug-likeness (QED) is 0.773. The molecule has 0 bridgehead atoms. The van der Waals surface area contributed by atoms with Crippen molar-refractivity contribution in [2.75, 3.05) is 13.2 Å². The van der Waals surface area contributed by atoms with E-state index in [4.69, 9.17) is 16.3 Å². The molecule has 1 atom stereocenters. The van der Waals surface area contributed by atoms with Gasteiger partial charge in [-0.05, 0) is 37.8 Å². The lowest BCUT2D eigenvalue weighted by molar-refractivity contribution is -0.143. The molecule has 1 aliphatic heterocycles. The fourth-order valence-corrected chi connectivity index (χ4v) is 3.29. The maximum Gasteiger partial charge on any atom is 0.326 e. The third-order valence-electron chi connectivity index (χ3n) is 4.38. The Balaban J connectivity index is 2.32. The first-order chi connectivity index (χ1) is 11.5. The van der Waals surface area contributed by atoms with Gasteiger partial charge in [0.1, 0.15) is 6.04 Å². The fraction of sp³-hybridized carbons (Fsp3) is 0.444. The second-order valence-electron chi connectivity index (χ2n) is 5.84. The van der Waals surface area contributed by atoms with Crippen LogP contribution in [0.5, 0.6) is 0 Å². The van der Waals surface area contributed by atoms with Gasteiger partial charge in [-0.25, -0.2) is 4.79 Å². The van der Waals surface area contributed by atoms with Crippen LogP contribution in [0, 0.1) is 0 Å². The molecule has 130 valence electrons. The molecule has 1 heterocycles. The van der Waals surface area contributed by atoms with E-state index in [9.17, 15) is 14.7 Å². The minimum Gasteiger partial charge on any atom is -0.480 e. The lowest BCUT2D eigenvalue weighted by Gasteiger charge is -2.37. The van der Waals surface area contributed by atoms with Gasteiger partial charge in [0.05, 0.1) is 5.41 Å². The first-order valence-corrected chi connectivity index (χ1v) is 8.37. The number of rotatable bonds is 6. The first-order valence-electron chi connectivity index (χ1n) is 7.99. The molecule has 1 amide bonds. The van der Waals surface area contributed by atoms with Crippen molar-refractivity contribution in [3.63, 3.8) is 0 Å². The van der Waals surface area contributed by atoms with Crippen LogP contribution in [0.25, 0.3) is 0 Å². The van der Waals surface area contributed by atoms with E-state index in [1.54, 1.807) is 18.2 Å². The molecule has 2 N–H and O–H groups in total. The Morgan fingerprint density at radius 1 is 1.38 bits per heavy atom. The maximum absolute atomic E-state index is 13.0. The van der Waals surface area contributed by atoms with Crippen LogP contribution in [0.2, 0.25) is 5.02 Å². The van der Waals surface area contributed by atoms with Crippen molar-refractivity contribution < 1.29 is 19.4 Å². The topological polar surface area (TPSA) is 75.6 Å². The predicted octanol–water partition coefficient (Wildman–Crippen LogP) is 2.92. The zero-order valence-corrected chi connectivity index (χ0v) is 14.4. The van der Waals surface area contributed by atoms with Gasteiger partial charge in [0.2, 0.25) is 5.91 Å². The fourth-order valence-electron chi connectivity index (χ4n) is 2.98. The average molecular weight is 352 g/mol. The lowest BCUT2D eigenvalue weighted by Crippen LogP contribution is -2.52. The normalized spacial score (nSPS) is 18.2. The first kappa shape index (κ1) is 18.5. The zero-order chi connectivity index (χ0) is 17.6. The molecule has 0 aliphatic carbocycles. The van der Waals surface area contributed by atoms with E-state index in [0.717, 1.165) is 5.56 Å². The molecule has 1 unspecified atom stereocenters. The molecular formula is C18H22ClNO4. The summed E-state index contributed by atoms with van der Waals surface area (Å²) < 4.78 is 5.40. The maximum atomic E-state index is 13.0. The van der Waals surface area contributed by atoms with Gasteiger partial charge in [0, 0.05) is 18.2 Å². The van der Waals surface area contributed by atoms with Crippen LogP contribution >= 0.6 is 11.6 Å². The van der Waals surface area contributed by atoms with Crippen molar-refractivity contribution >= 4 is 23.5 Å². The van der Waals surface area contributed by atoms with Crippen molar-refractivity contribution in [2.24, 2.45) is 0 Å². The molecule has 6 heteroatoms. The lowest BCUT2D eigenvalue weighted by atomic mass is 9.73. The van der Waals surface area contributed by atoms with E-state index in [-0.39, 0.29) is 12.3 Å². The third-order valence-corrected chi connectivity index (χ3v) is 4.71. The molecule has 1 aliphatic rings. The molecule has 0 spiro atoms. The smallest absolute Gasteiger partial charge is 0.326 e. The zero-order valence-electron chi connectivity index (χ0n) is 13.6. The van der Waals surface area contributed by atoms with Crippen molar-refractivity contribution in [1.29, 1.82) is 0 Å². The minimum absolute atomic E-state index is 0.243. The van der Waals surface area contributed by atoms with Crippen molar-refractivity contribution in [3.8, 4) is 0 Å². The summed E-state index contributed by atoms with van der Waals surface area (Å²) in [6, 6.07) is 6.25. The molecule has 1 aromatic carbocycles. The summed E-state index contributed by atoms with van der Waals surface area (Å²) in [7, 11) is 0. The Labute approximate surface area is 146 Å². The Hall–Kier alpha value is -1.85. The Kier molecular flexibility index (Phi) is 6.40. The van der Waals surface area contributed by atoms with Gasteiger partial charge in [0.25, 0.3) is 0 Å². The van der Waals surface area contributed by atoms with Crippen molar-refractivity contribution in [2.45, 2.75) is 37.6 Å². The molecular weight excluding hydrogens is 330 g/mol.